The van der Waals surface area contributed by atoms with E-state index >= 15 is 0 Å². The number of nitrogens with zero attached hydrogens (tertiary/aromatic N) is 2. The number of rotatable bonds is 2. The molecule has 2 aromatic heterocycles. The molecule has 77 valence electrons. The van der Waals surface area contributed by atoms with Gasteiger partial charge in [0, 0.05) is 0 Å². The number of pyridine rings is 2. The summed E-state index contributed by atoms with van der Waals surface area (Å²) in [5.41, 5.74) is 0. The van der Waals surface area contributed by atoms with Crippen molar-refractivity contribution in [3.8, 4) is 0 Å². The van der Waals surface area contributed by atoms with E-state index < -0.39 is 23.2 Å². The Hall–Kier alpha value is -0.237. The van der Waals surface area contributed by atoms with Crippen LogP contribution >= 0.6 is 0 Å². The monoisotopic (exact) mass is 435 g/mol. The predicted molar refractivity (Wildman–Crippen MR) is 53.5 cm³/mol. The summed E-state index contributed by atoms with van der Waals surface area (Å²) in [7, 11) is 0. The van der Waals surface area contributed by atoms with Gasteiger partial charge in [-0.15, -0.1) is 0 Å². The molecule has 0 aliphatic rings. The second-order valence-corrected chi connectivity index (χ2v) is 6.92. The Bertz CT molecular complexity index is 332. The van der Waals surface area contributed by atoms with Gasteiger partial charge in [0.05, 0.1) is 0 Å². The first-order valence-corrected chi connectivity index (χ1v) is 7.47. The number of halogens is 2. The van der Waals surface area contributed by atoms with Crippen LogP contribution in [0.1, 0.15) is 0 Å². The van der Waals surface area contributed by atoms with Crippen molar-refractivity contribution in [3.63, 3.8) is 0 Å². The maximum atomic E-state index is 4.31. The SMILES string of the molecule is [Cl-].[Cl-].c1cc[c]([Bi+2][c]2ccccn2)nc1. The Balaban J connectivity index is 0.000000980. The summed E-state index contributed by atoms with van der Waals surface area (Å²) in [6, 6.07) is 12.1. The molecular formula is C10H8BiCl2N2. The van der Waals surface area contributed by atoms with Crippen LogP contribution in [0, 0.1) is 0 Å². The summed E-state index contributed by atoms with van der Waals surface area (Å²) in [4.78, 5) is 8.63. The van der Waals surface area contributed by atoms with Crippen LogP contribution in [0.25, 0.3) is 0 Å². The molecule has 0 saturated heterocycles. The van der Waals surface area contributed by atoms with E-state index in [1.165, 1.54) is 6.80 Å². The van der Waals surface area contributed by atoms with Crippen molar-refractivity contribution in [3.05, 3.63) is 48.8 Å². The van der Waals surface area contributed by atoms with Crippen LogP contribution in [0.3, 0.4) is 0 Å². The van der Waals surface area contributed by atoms with Crippen molar-refractivity contribution in [1.82, 2.24) is 9.97 Å². The number of aromatic nitrogens is 2. The summed E-state index contributed by atoms with van der Waals surface area (Å²) in [6.45, 7) is 0. The zero-order chi connectivity index (χ0) is 8.93. The second kappa shape index (κ2) is 7.98. The van der Waals surface area contributed by atoms with Gasteiger partial charge in [-0.05, 0) is 0 Å². The molecule has 0 bridgehead atoms. The van der Waals surface area contributed by atoms with Crippen LogP contribution in [0.15, 0.2) is 48.8 Å². The van der Waals surface area contributed by atoms with E-state index in [1.807, 2.05) is 36.7 Å². The third-order valence-corrected chi connectivity index (χ3v) is 5.37. The van der Waals surface area contributed by atoms with Crippen LogP contribution in [-0.2, 0) is 0 Å². The molecular weight excluding hydrogens is 428 g/mol. The van der Waals surface area contributed by atoms with Crippen molar-refractivity contribution < 1.29 is 24.8 Å². The van der Waals surface area contributed by atoms with Gasteiger partial charge in [0.25, 0.3) is 0 Å². The molecule has 2 nitrogen and oxygen atoms in total. The fourth-order valence-corrected chi connectivity index (χ4v) is 4.09. The predicted octanol–water partition coefficient (Wildman–Crippen LogP) is -5.86. The third kappa shape index (κ3) is 4.88. The summed E-state index contributed by atoms with van der Waals surface area (Å²) < 4.78 is 2.47. The number of hydrogen-bond donors (Lipinski definition) is 0. The summed E-state index contributed by atoms with van der Waals surface area (Å²) in [6.07, 6.45) is 3.70. The van der Waals surface area contributed by atoms with Gasteiger partial charge in [0.1, 0.15) is 0 Å². The van der Waals surface area contributed by atoms with Gasteiger partial charge in [-0.1, -0.05) is 0 Å². The van der Waals surface area contributed by atoms with Crippen molar-refractivity contribution >= 4 is 30.0 Å². The molecule has 5 heteroatoms. The first-order chi connectivity index (χ1) is 6.45. The van der Waals surface area contributed by atoms with E-state index in [0.29, 0.717) is 0 Å². The van der Waals surface area contributed by atoms with Crippen LogP contribution < -0.4 is 31.6 Å². The summed E-state index contributed by atoms with van der Waals surface area (Å²) in [5.74, 6) is 0. The molecule has 15 heavy (non-hydrogen) atoms. The first-order valence-electron chi connectivity index (χ1n) is 3.99. The Morgan fingerprint density at radius 3 is 1.53 bits per heavy atom. The van der Waals surface area contributed by atoms with E-state index in [-0.39, 0.29) is 24.8 Å². The number of hydrogen-bond acceptors (Lipinski definition) is 2. The molecule has 0 amide bonds. The molecule has 0 aliphatic heterocycles. The minimum atomic E-state index is -0.835. The molecule has 2 aromatic rings. The van der Waals surface area contributed by atoms with Gasteiger partial charge in [-0.2, -0.15) is 0 Å². The molecule has 2 rings (SSSR count). The molecule has 2 heterocycles. The fourth-order valence-electron chi connectivity index (χ4n) is 0.957. The van der Waals surface area contributed by atoms with Crippen molar-refractivity contribution in [1.29, 1.82) is 0 Å². The second-order valence-electron chi connectivity index (χ2n) is 2.49. The Kier molecular flexibility index (Phi) is 7.85. The van der Waals surface area contributed by atoms with Gasteiger partial charge in [0.2, 0.25) is 0 Å². The molecule has 0 aromatic carbocycles. The molecule has 0 N–H and O–H groups in total. The van der Waals surface area contributed by atoms with Crippen LogP contribution in [-0.4, -0.2) is 33.2 Å². The summed E-state index contributed by atoms with van der Waals surface area (Å²) in [5, 5.41) is 0. The minimum absolute atomic E-state index is 0. The van der Waals surface area contributed by atoms with Gasteiger partial charge in [0.15, 0.2) is 0 Å². The Morgan fingerprint density at radius 2 is 1.20 bits per heavy atom. The van der Waals surface area contributed by atoms with Crippen molar-refractivity contribution in [2.75, 3.05) is 0 Å². The molecule has 0 atom stereocenters. The standard InChI is InChI=1S/2C5H4N.Bi.2ClH/c2*1-2-4-6-5-3-1;;;/h2*1-4H;;2*1H/q;;+2;;/p-2. The van der Waals surface area contributed by atoms with Gasteiger partial charge in [-0.25, -0.2) is 0 Å². The summed E-state index contributed by atoms with van der Waals surface area (Å²) >= 11 is -0.835. The van der Waals surface area contributed by atoms with Crippen LogP contribution in [0.5, 0.6) is 0 Å². The van der Waals surface area contributed by atoms with Crippen molar-refractivity contribution in [2.24, 2.45) is 0 Å². The topological polar surface area (TPSA) is 25.8 Å². The zero-order valence-electron chi connectivity index (χ0n) is 7.72. The van der Waals surface area contributed by atoms with Gasteiger partial charge < -0.3 is 24.8 Å². The molecule has 0 unspecified atom stereocenters. The van der Waals surface area contributed by atoms with Crippen molar-refractivity contribution in [2.45, 2.75) is 0 Å². The van der Waals surface area contributed by atoms with E-state index in [2.05, 4.69) is 22.1 Å². The molecule has 0 aliphatic carbocycles. The fraction of sp³-hybridized carbons (Fsp3) is 0. The van der Waals surface area contributed by atoms with Gasteiger partial charge in [-0.3, -0.25) is 0 Å². The average Bonchev–Trinajstić information content (AvgIpc) is 2.21. The van der Waals surface area contributed by atoms with E-state index in [1.54, 1.807) is 0 Å². The first kappa shape index (κ1) is 14.8. The zero-order valence-corrected chi connectivity index (χ0v) is 12.7. The maximum absolute atomic E-state index is 4.31. The molecule has 0 saturated carbocycles. The van der Waals surface area contributed by atoms with Crippen LogP contribution in [0.4, 0.5) is 0 Å². The quantitative estimate of drug-likeness (QED) is 0.439. The Labute approximate surface area is 113 Å². The van der Waals surface area contributed by atoms with Gasteiger partial charge >= 0.3 is 88.8 Å². The Morgan fingerprint density at radius 1 is 0.733 bits per heavy atom. The van der Waals surface area contributed by atoms with Crippen LogP contribution in [0.2, 0.25) is 0 Å². The third-order valence-electron chi connectivity index (χ3n) is 1.53. The molecule has 0 fully saturated rings. The molecule has 0 spiro atoms. The average molecular weight is 436 g/mol. The van der Waals surface area contributed by atoms with E-state index in [4.69, 9.17) is 0 Å². The normalized spacial score (nSPS) is 8.27. The molecule has 1 radical (unpaired) electrons. The van der Waals surface area contributed by atoms with E-state index in [9.17, 15) is 0 Å². The van der Waals surface area contributed by atoms with E-state index in [0.717, 1.165) is 0 Å².